The van der Waals surface area contributed by atoms with Crippen molar-refractivity contribution in [2.75, 3.05) is 25.1 Å². The van der Waals surface area contributed by atoms with E-state index in [0.717, 1.165) is 31.5 Å². The number of nitrogens with zero attached hydrogens (tertiary/aromatic N) is 2. The second-order valence-corrected chi connectivity index (χ2v) is 7.04. The first kappa shape index (κ1) is 18.1. The monoisotopic (exact) mass is 378 g/mol. The summed E-state index contributed by atoms with van der Waals surface area (Å²) in [6.45, 7) is 1.58. The van der Waals surface area contributed by atoms with Gasteiger partial charge in [-0.3, -0.25) is 0 Å². The fourth-order valence-corrected chi connectivity index (χ4v) is 3.73. The van der Waals surface area contributed by atoms with Crippen LogP contribution in [0.5, 0.6) is 5.75 Å². The number of ether oxygens (including phenoxy) is 1. The van der Waals surface area contributed by atoms with Crippen molar-refractivity contribution in [3.8, 4) is 17.1 Å². The molecule has 1 unspecified atom stereocenters. The molecule has 0 aliphatic carbocycles. The first-order valence-corrected chi connectivity index (χ1v) is 9.32. The Kier molecular flexibility index (Phi) is 5.02. The van der Waals surface area contributed by atoms with E-state index in [0.29, 0.717) is 23.1 Å². The lowest BCUT2D eigenvalue weighted by atomic mass is 9.99. The molecule has 1 aliphatic heterocycles. The van der Waals surface area contributed by atoms with Crippen molar-refractivity contribution < 1.29 is 19.2 Å². The maximum Gasteiger partial charge on any atom is 0.345 e. The molecule has 3 aromatic rings. The Bertz CT molecular complexity index is 950. The molecular formula is C22H22N2O4. The largest absolute Gasteiger partial charge is 0.508 e. The zero-order valence-electron chi connectivity index (χ0n) is 15.7. The summed E-state index contributed by atoms with van der Waals surface area (Å²) in [5.74, 6) is 1.24. The number of phenols is 1. The minimum atomic E-state index is -0.447. The number of rotatable bonds is 5. The SMILES string of the molecule is COC(=O)c1c(N2CCC(Cc3ccc(O)cc3)C2)noc1-c1ccccc1. The van der Waals surface area contributed by atoms with Gasteiger partial charge in [0.1, 0.15) is 5.75 Å². The van der Waals surface area contributed by atoms with Crippen LogP contribution in [0.15, 0.2) is 59.1 Å². The quantitative estimate of drug-likeness (QED) is 0.679. The summed E-state index contributed by atoms with van der Waals surface area (Å²) >= 11 is 0. The van der Waals surface area contributed by atoms with Gasteiger partial charge in [0.25, 0.3) is 0 Å². The Balaban J connectivity index is 1.57. The van der Waals surface area contributed by atoms with Gasteiger partial charge in [0.2, 0.25) is 0 Å². The highest BCUT2D eigenvalue weighted by Gasteiger charge is 2.32. The van der Waals surface area contributed by atoms with E-state index >= 15 is 0 Å². The molecule has 0 radical (unpaired) electrons. The van der Waals surface area contributed by atoms with Crippen molar-refractivity contribution in [2.45, 2.75) is 12.8 Å². The predicted molar refractivity (Wildman–Crippen MR) is 105 cm³/mol. The molecule has 1 N–H and O–H groups in total. The van der Waals surface area contributed by atoms with Crippen LogP contribution < -0.4 is 4.90 Å². The Morgan fingerprint density at radius 2 is 1.96 bits per heavy atom. The summed E-state index contributed by atoms with van der Waals surface area (Å²) in [5, 5.41) is 13.7. The number of benzene rings is 2. The van der Waals surface area contributed by atoms with Gasteiger partial charge in [-0.15, -0.1) is 0 Å². The molecule has 0 bridgehead atoms. The predicted octanol–water partition coefficient (Wildman–Crippen LogP) is 3.90. The summed E-state index contributed by atoms with van der Waals surface area (Å²) in [5.41, 5.74) is 2.35. The molecule has 144 valence electrons. The number of phenolic OH excluding ortho intramolecular Hbond substituents is 1. The average Bonchev–Trinajstić information content (AvgIpc) is 3.36. The molecule has 1 saturated heterocycles. The molecule has 6 nitrogen and oxygen atoms in total. The van der Waals surface area contributed by atoms with Gasteiger partial charge < -0.3 is 19.3 Å². The molecule has 1 atom stereocenters. The maximum absolute atomic E-state index is 12.5. The Labute approximate surface area is 163 Å². The molecule has 2 heterocycles. The number of esters is 1. The number of aromatic hydroxyl groups is 1. The molecule has 0 amide bonds. The van der Waals surface area contributed by atoms with Crippen LogP contribution in [0.4, 0.5) is 5.82 Å². The van der Waals surface area contributed by atoms with Crippen LogP contribution in [0, 0.1) is 5.92 Å². The van der Waals surface area contributed by atoms with Crippen molar-refractivity contribution in [1.82, 2.24) is 5.16 Å². The highest BCUT2D eigenvalue weighted by molar-refractivity contribution is 6.00. The fourth-order valence-electron chi connectivity index (χ4n) is 3.73. The molecule has 2 aromatic carbocycles. The minimum Gasteiger partial charge on any atom is -0.508 e. The van der Waals surface area contributed by atoms with Gasteiger partial charge in [0, 0.05) is 18.7 Å². The lowest BCUT2D eigenvalue weighted by Crippen LogP contribution is -2.23. The van der Waals surface area contributed by atoms with Crippen LogP contribution in [0.2, 0.25) is 0 Å². The van der Waals surface area contributed by atoms with E-state index in [9.17, 15) is 9.90 Å². The van der Waals surface area contributed by atoms with Gasteiger partial charge in [-0.25, -0.2) is 4.79 Å². The Morgan fingerprint density at radius 1 is 1.21 bits per heavy atom. The standard InChI is InChI=1S/C22H22N2O4/c1-27-22(26)19-20(17-5-3-2-4-6-17)28-23-21(19)24-12-11-16(14-24)13-15-7-9-18(25)10-8-15/h2-10,16,25H,11-14H2,1H3. The Hall–Kier alpha value is -3.28. The first-order chi connectivity index (χ1) is 13.7. The number of carbonyl (C=O) groups is 1. The van der Waals surface area contributed by atoms with Gasteiger partial charge in [-0.2, -0.15) is 0 Å². The summed E-state index contributed by atoms with van der Waals surface area (Å²) < 4.78 is 10.6. The zero-order chi connectivity index (χ0) is 19.5. The molecule has 0 saturated carbocycles. The van der Waals surface area contributed by atoms with E-state index in [1.54, 1.807) is 12.1 Å². The fraction of sp³-hybridized carbons (Fsp3) is 0.273. The van der Waals surface area contributed by atoms with Gasteiger partial charge in [-0.1, -0.05) is 47.6 Å². The second kappa shape index (κ2) is 7.76. The topological polar surface area (TPSA) is 75.8 Å². The van der Waals surface area contributed by atoms with E-state index in [1.807, 2.05) is 42.5 Å². The zero-order valence-corrected chi connectivity index (χ0v) is 15.7. The molecule has 1 aromatic heterocycles. The molecule has 4 rings (SSSR count). The summed E-state index contributed by atoms with van der Waals surface area (Å²) in [6.07, 6.45) is 1.91. The third-order valence-electron chi connectivity index (χ3n) is 5.15. The highest BCUT2D eigenvalue weighted by Crippen LogP contribution is 2.35. The number of methoxy groups -OCH3 is 1. The molecule has 1 fully saturated rings. The van der Waals surface area contributed by atoms with Crippen LogP contribution >= 0.6 is 0 Å². The van der Waals surface area contributed by atoms with Crippen LogP contribution in [0.1, 0.15) is 22.3 Å². The lowest BCUT2D eigenvalue weighted by Gasteiger charge is -2.16. The third kappa shape index (κ3) is 3.58. The van der Waals surface area contributed by atoms with Crippen molar-refractivity contribution in [3.63, 3.8) is 0 Å². The number of hydrogen-bond donors (Lipinski definition) is 1. The first-order valence-electron chi connectivity index (χ1n) is 9.32. The van der Waals surface area contributed by atoms with Gasteiger partial charge >= 0.3 is 5.97 Å². The number of anilines is 1. The van der Waals surface area contributed by atoms with E-state index in [2.05, 4.69) is 10.1 Å². The molecule has 1 aliphatic rings. The maximum atomic E-state index is 12.5. The van der Waals surface area contributed by atoms with Crippen molar-refractivity contribution in [1.29, 1.82) is 0 Å². The van der Waals surface area contributed by atoms with E-state index in [4.69, 9.17) is 9.26 Å². The highest BCUT2D eigenvalue weighted by atomic mass is 16.5. The number of aromatic nitrogens is 1. The normalized spacial score (nSPS) is 16.3. The third-order valence-corrected chi connectivity index (χ3v) is 5.15. The number of hydrogen-bond acceptors (Lipinski definition) is 6. The van der Waals surface area contributed by atoms with Crippen LogP contribution in [0.3, 0.4) is 0 Å². The average molecular weight is 378 g/mol. The lowest BCUT2D eigenvalue weighted by molar-refractivity contribution is 0.0601. The van der Waals surface area contributed by atoms with E-state index in [1.165, 1.54) is 12.7 Å². The number of carbonyl (C=O) groups excluding carboxylic acids is 1. The van der Waals surface area contributed by atoms with Crippen LogP contribution in [-0.4, -0.2) is 36.4 Å². The van der Waals surface area contributed by atoms with E-state index < -0.39 is 5.97 Å². The second-order valence-electron chi connectivity index (χ2n) is 7.04. The summed E-state index contributed by atoms with van der Waals surface area (Å²) in [6, 6.07) is 16.8. The van der Waals surface area contributed by atoms with Crippen LogP contribution in [0.25, 0.3) is 11.3 Å². The van der Waals surface area contributed by atoms with Gasteiger partial charge in [0.15, 0.2) is 17.1 Å². The van der Waals surface area contributed by atoms with Crippen LogP contribution in [-0.2, 0) is 11.2 Å². The van der Waals surface area contributed by atoms with Gasteiger partial charge in [-0.05, 0) is 36.5 Å². The van der Waals surface area contributed by atoms with Crippen molar-refractivity contribution in [3.05, 3.63) is 65.7 Å². The molecular weight excluding hydrogens is 356 g/mol. The molecule has 0 spiro atoms. The van der Waals surface area contributed by atoms with Crippen molar-refractivity contribution in [2.24, 2.45) is 5.92 Å². The molecule has 6 heteroatoms. The van der Waals surface area contributed by atoms with E-state index in [-0.39, 0.29) is 5.75 Å². The molecule has 28 heavy (non-hydrogen) atoms. The summed E-state index contributed by atoms with van der Waals surface area (Å²) in [7, 11) is 1.37. The Morgan fingerprint density at radius 3 is 2.68 bits per heavy atom. The van der Waals surface area contributed by atoms with Crippen molar-refractivity contribution >= 4 is 11.8 Å². The summed E-state index contributed by atoms with van der Waals surface area (Å²) in [4.78, 5) is 14.6. The minimum absolute atomic E-state index is 0.274. The smallest absolute Gasteiger partial charge is 0.345 e. The van der Waals surface area contributed by atoms with Gasteiger partial charge in [0.05, 0.1) is 7.11 Å².